The number of unbranched alkanes of at least 4 members (excludes halogenated alkanes) is 1. The first-order chi connectivity index (χ1) is 10.9. The standard InChI is InChI=1S/C20H27NO/c1-2-3-15-22-16-14-21(17-19-10-6-4-7-11-19)18-20-12-8-5-9-13-20/h4-13H,2-3,14-18H2,1H3. The first kappa shape index (κ1) is 16.7. The summed E-state index contributed by atoms with van der Waals surface area (Å²) >= 11 is 0. The molecule has 118 valence electrons. The molecule has 0 aliphatic heterocycles. The van der Waals surface area contributed by atoms with E-state index in [2.05, 4.69) is 72.5 Å². The molecule has 2 heteroatoms. The summed E-state index contributed by atoms with van der Waals surface area (Å²) in [5, 5.41) is 0. The molecule has 0 fully saturated rings. The molecule has 0 saturated heterocycles. The molecule has 0 atom stereocenters. The first-order valence-corrected chi connectivity index (χ1v) is 8.26. The Kier molecular flexibility index (Phi) is 7.71. The highest BCUT2D eigenvalue weighted by molar-refractivity contribution is 5.17. The summed E-state index contributed by atoms with van der Waals surface area (Å²) in [7, 11) is 0. The maximum absolute atomic E-state index is 5.74. The largest absolute Gasteiger partial charge is 0.380 e. The minimum atomic E-state index is 0.805. The minimum absolute atomic E-state index is 0.805. The molecule has 0 bridgehead atoms. The van der Waals surface area contributed by atoms with Gasteiger partial charge in [0.25, 0.3) is 0 Å². The summed E-state index contributed by atoms with van der Waals surface area (Å²) in [6.07, 6.45) is 2.34. The number of hydrogen-bond donors (Lipinski definition) is 0. The molecule has 0 radical (unpaired) electrons. The van der Waals surface area contributed by atoms with Crippen LogP contribution in [0.5, 0.6) is 0 Å². The fourth-order valence-electron chi connectivity index (χ4n) is 2.44. The molecular weight excluding hydrogens is 270 g/mol. The lowest BCUT2D eigenvalue weighted by molar-refractivity contribution is 0.0965. The summed E-state index contributed by atoms with van der Waals surface area (Å²) in [5.74, 6) is 0. The molecular formula is C20H27NO. The molecule has 2 aromatic rings. The van der Waals surface area contributed by atoms with Gasteiger partial charge in [-0.15, -0.1) is 0 Å². The van der Waals surface area contributed by atoms with E-state index < -0.39 is 0 Å². The van der Waals surface area contributed by atoms with Gasteiger partial charge in [0.15, 0.2) is 0 Å². The van der Waals surface area contributed by atoms with Crippen LogP contribution in [0.2, 0.25) is 0 Å². The zero-order chi connectivity index (χ0) is 15.5. The number of rotatable bonds is 10. The van der Waals surface area contributed by atoms with Crippen molar-refractivity contribution < 1.29 is 4.74 Å². The fourth-order valence-corrected chi connectivity index (χ4v) is 2.44. The molecule has 0 spiro atoms. The van der Waals surface area contributed by atoms with Gasteiger partial charge in [-0.1, -0.05) is 74.0 Å². The lowest BCUT2D eigenvalue weighted by Gasteiger charge is -2.22. The van der Waals surface area contributed by atoms with Gasteiger partial charge >= 0.3 is 0 Å². The van der Waals surface area contributed by atoms with Crippen molar-refractivity contribution in [1.29, 1.82) is 0 Å². The highest BCUT2D eigenvalue weighted by Gasteiger charge is 2.07. The van der Waals surface area contributed by atoms with E-state index in [0.29, 0.717) is 0 Å². The van der Waals surface area contributed by atoms with Crippen molar-refractivity contribution in [1.82, 2.24) is 4.90 Å². The Morgan fingerprint density at radius 3 is 1.82 bits per heavy atom. The molecule has 2 rings (SSSR count). The second-order valence-electron chi connectivity index (χ2n) is 5.65. The van der Waals surface area contributed by atoms with E-state index >= 15 is 0 Å². The average molecular weight is 297 g/mol. The van der Waals surface area contributed by atoms with Crippen LogP contribution in [0.4, 0.5) is 0 Å². The highest BCUT2D eigenvalue weighted by atomic mass is 16.5. The molecule has 0 heterocycles. The topological polar surface area (TPSA) is 12.5 Å². The molecule has 22 heavy (non-hydrogen) atoms. The summed E-state index contributed by atoms with van der Waals surface area (Å²) < 4.78 is 5.74. The third kappa shape index (κ3) is 6.42. The summed E-state index contributed by atoms with van der Waals surface area (Å²) in [5.41, 5.74) is 2.71. The van der Waals surface area contributed by atoms with Crippen LogP contribution in [-0.2, 0) is 17.8 Å². The van der Waals surface area contributed by atoms with Gasteiger partial charge in [0, 0.05) is 26.2 Å². The van der Waals surface area contributed by atoms with Crippen molar-refractivity contribution in [2.45, 2.75) is 32.9 Å². The molecule has 0 amide bonds. The Labute approximate surface area is 134 Å². The highest BCUT2D eigenvalue weighted by Crippen LogP contribution is 2.09. The maximum Gasteiger partial charge on any atom is 0.0593 e. The third-order valence-electron chi connectivity index (χ3n) is 3.69. The van der Waals surface area contributed by atoms with Crippen molar-refractivity contribution in [2.75, 3.05) is 19.8 Å². The van der Waals surface area contributed by atoms with Crippen molar-refractivity contribution in [2.24, 2.45) is 0 Å². The summed E-state index contributed by atoms with van der Waals surface area (Å²) in [4.78, 5) is 2.45. The van der Waals surface area contributed by atoms with Gasteiger partial charge in [-0.2, -0.15) is 0 Å². The Hall–Kier alpha value is -1.64. The molecule has 0 saturated carbocycles. The zero-order valence-corrected chi connectivity index (χ0v) is 13.6. The van der Waals surface area contributed by atoms with Crippen LogP contribution in [0.3, 0.4) is 0 Å². The molecule has 0 N–H and O–H groups in total. The van der Waals surface area contributed by atoms with Crippen LogP contribution in [0.1, 0.15) is 30.9 Å². The van der Waals surface area contributed by atoms with E-state index in [0.717, 1.165) is 39.3 Å². The second-order valence-corrected chi connectivity index (χ2v) is 5.65. The van der Waals surface area contributed by atoms with Gasteiger partial charge in [0.2, 0.25) is 0 Å². The lowest BCUT2D eigenvalue weighted by atomic mass is 10.1. The predicted molar refractivity (Wildman–Crippen MR) is 92.7 cm³/mol. The van der Waals surface area contributed by atoms with E-state index in [1.54, 1.807) is 0 Å². The predicted octanol–water partition coefficient (Wildman–Crippen LogP) is 4.51. The SMILES string of the molecule is CCCCOCCN(Cc1ccccc1)Cc1ccccc1. The van der Waals surface area contributed by atoms with Crippen molar-refractivity contribution in [3.63, 3.8) is 0 Å². The molecule has 2 nitrogen and oxygen atoms in total. The Morgan fingerprint density at radius 2 is 1.32 bits per heavy atom. The quantitative estimate of drug-likeness (QED) is 0.598. The molecule has 0 aromatic heterocycles. The van der Waals surface area contributed by atoms with Crippen molar-refractivity contribution >= 4 is 0 Å². The van der Waals surface area contributed by atoms with E-state index in [1.165, 1.54) is 17.5 Å². The van der Waals surface area contributed by atoms with E-state index in [4.69, 9.17) is 4.74 Å². The first-order valence-electron chi connectivity index (χ1n) is 8.26. The van der Waals surface area contributed by atoms with E-state index in [9.17, 15) is 0 Å². The van der Waals surface area contributed by atoms with Crippen LogP contribution >= 0.6 is 0 Å². The van der Waals surface area contributed by atoms with Crippen LogP contribution < -0.4 is 0 Å². The summed E-state index contributed by atoms with van der Waals surface area (Å²) in [6.45, 7) is 6.77. The van der Waals surface area contributed by atoms with E-state index in [1.807, 2.05) is 0 Å². The minimum Gasteiger partial charge on any atom is -0.380 e. The second kappa shape index (κ2) is 10.1. The van der Waals surface area contributed by atoms with Gasteiger partial charge in [0.1, 0.15) is 0 Å². The van der Waals surface area contributed by atoms with E-state index in [-0.39, 0.29) is 0 Å². The van der Waals surface area contributed by atoms with Crippen LogP contribution in [0.15, 0.2) is 60.7 Å². The van der Waals surface area contributed by atoms with Gasteiger partial charge in [-0.05, 0) is 17.5 Å². The monoisotopic (exact) mass is 297 g/mol. The normalized spacial score (nSPS) is 11.0. The Bertz CT molecular complexity index is 456. The van der Waals surface area contributed by atoms with Crippen LogP contribution in [-0.4, -0.2) is 24.7 Å². The smallest absolute Gasteiger partial charge is 0.0593 e. The van der Waals surface area contributed by atoms with Gasteiger partial charge < -0.3 is 4.74 Å². The molecule has 0 aliphatic carbocycles. The Morgan fingerprint density at radius 1 is 0.773 bits per heavy atom. The summed E-state index contributed by atoms with van der Waals surface area (Å²) in [6, 6.07) is 21.3. The van der Waals surface area contributed by atoms with Crippen LogP contribution in [0.25, 0.3) is 0 Å². The van der Waals surface area contributed by atoms with Gasteiger partial charge in [-0.25, -0.2) is 0 Å². The Balaban J connectivity index is 1.88. The number of ether oxygens (including phenoxy) is 1. The van der Waals surface area contributed by atoms with Crippen molar-refractivity contribution in [3.05, 3.63) is 71.8 Å². The van der Waals surface area contributed by atoms with Gasteiger partial charge in [-0.3, -0.25) is 4.90 Å². The maximum atomic E-state index is 5.74. The average Bonchev–Trinajstić information content (AvgIpc) is 2.56. The lowest BCUT2D eigenvalue weighted by Crippen LogP contribution is -2.27. The zero-order valence-electron chi connectivity index (χ0n) is 13.6. The molecule has 0 aliphatic rings. The number of benzene rings is 2. The number of hydrogen-bond acceptors (Lipinski definition) is 2. The molecule has 0 unspecified atom stereocenters. The van der Waals surface area contributed by atoms with Crippen LogP contribution in [0, 0.1) is 0 Å². The van der Waals surface area contributed by atoms with Gasteiger partial charge in [0.05, 0.1) is 6.61 Å². The third-order valence-corrected chi connectivity index (χ3v) is 3.69. The fraction of sp³-hybridized carbons (Fsp3) is 0.400. The van der Waals surface area contributed by atoms with Crippen molar-refractivity contribution in [3.8, 4) is 0 Å². The molecule has 2 aromatic carbocycles. The number of nitrogens with zero attached hydrogens (tertiary/aromatic N) is 1.